The zero-order chi connectivity index (χ0) is 27.9. The molecule has 7 nitrogen and oxygen atoms in total. The van der Waals surface area contributed by atoms with E-state index in [1.807, 2.05) is 26.8 Å². The molecule has 38 heavy (non-hydrogen) atoms. The van der Waals surface area contributed by atoms with Crippen LogP contribution in [0.5, 0.6) is 0 Å². The van der Waals surface area contributed by atoms with Crippen LogP contribution in [0.25, 0.3) is 0 Å². The maximum absolute atomic E-state index is 13.9. The molecule has 0 aliphatic heterocycles. The number of benzene rings is 3. The minimum Gasteiger partial charge on any atom is -0.352 e. The molecule has 0 bridgehead atoms. The molecule has 1 N–H and O–H groups in total. The molecule has 3 aromatic carbocycles. The number of rotatable bonds is 11. The summed E-state index contributed by atoms with van der Waals surface area (Å²) in [5.74, 6) is -0.835. The molecule has 0 aliphatic rings. The number of nitrogens with zero attached hydrogens (tertiary/aromatic N) is 2. The van der Waals surface area contributed by atoms with Crippen LogP contribution in [-0.2, 0) is 26.2 Å². The highest BCUT2D eigenvalue weighted by Crippen LogP contribution is 2.25. The van der Waals surface area contributed by atoms with Crippen molar-refractivity contribution in [3.8, 4) is 0 Å². The molecule has 0 fully saturated rings. The minimum atomic E-state index is -4.08. The van der Waals surface area contributed by atoms with E-state index in [9.17, 15) is 18.0 Å². The fraction of sp³-hybridized carbons (Fsp3) is 0.310. The van der Waals surface area contributed by atoms with Gasteiger partial charge in [0.15, 0.2) is 0 Å². The maximum atomic E-state index is 13.9. The molecule has 9 heteroatoms. The van der Waals surface area contributed by atoms with Crippen LogP contribution in [0.15, 0.2) is 83.8 Å². The van der Waals surface area contributed by atoms with Gasteiger partial charge in [-0.1, -0.05) is 66.6 Å². The highest BCUT2D eigenvalue weighted by atomic mass is 35.5. The summed E-state index contributed by atoms with van der Waals surface area (Å²) in [5, 5.41) is 3.42. The Labute approximate surface area is 230 Å². The average Bonchev–Trinajstić information content (AvgIpc) is 2.90. The molecule has 3 aromatic rings. The number of sulfonamides is 1. The third kappa shape index (κ3) is 7.36. The van der Waals surface area contributed by atoms with Crippen LogP contribution in [0.3, 0.4) is 0 Å². The fourth-order valence-electron chi connectivity index (χ4n) is 3.84. The Morgan fingerprint density at radius 2 is 1.61 bits per heavy atom. The Bertz CT molecular complexity index is 1350. The third-order valence-electron chi connectivity index (χ3n) is 6.34. The number of halogens is 1. The largest absolute Gasteiger partial charge is 0.352 e. The summed E-state index contributed by atoms with van der Waals surface area (Å²) in [7, 11) is -4.08. The topological polar surface area (TPSA) is 86.8 Å². The summed E-state index contributed by atoms with van der Waals surface area (Å²) < 4.78 is 28.6. The van der Waals surface area contributed by atoms with Gasteiger partial charge < -0.3 is 10.2 Å². The second-order valence-electron chi connectivity index (χ2n) is 9.31. The van der Waals surface area contributed by atoms with Gasteiger partial charge in [0.2, 0.25) is 11.8 Å². The zero-order valence-corrected chi connectivity index (χ0v) is 23.7. The van der Waals surface area contributed by atoms with E-state index >= 15 is 0 Å². The molecule has 0 aliphatic carbocycles. The van der Waals surface area contributed by atoms with Crippen molar-refractivity contribution in [1.82, 2.24) is 10.2 Å². The minimum absolute atomic E-state index is 0.0729. The molecule has 2 amide bonds. The standard InChI is InChI=1S/C29H34ClN3O4S/c1-5-22(3)31-29(35)23(4)32(19-24-10-9-11-25(30)18-24)28(34)20-33(26-12-7-6-8-13-26)38(36,37)27-16-14-21(2)15-17-27/h6-18,22-23H,5,19-20H2,1-4H3,(H,31,35)/t22-,23+/m0/s1. The monoisotopic (exact) mass is 555 g/mol. The van der Waals surface area contributed by atoms with Crippen molar-refractivity contribution in [2.24, 2.45) is 0 Å². The van der Waals surface area contributed by atoms with Crippen LogP contribution in [-0.4, -0.2) is 43.8 Å². The van der Waals surface area contributed by atoms with Gasteiger partial charge >= 0.3 is 0 Å². The van der Waals surface area contributed by atoms with Crippen molar-refractivity contribution in [3.63, 3.8) is 0 Å². The second kappa shape index (κ2) is 12.9. The Morgan fingerprint density at radius 3 is 2.21 bits per heavy atom. The van der Waals surface area contributed by atoms with E-state index in [-0.39, 0.29) is 23.4 Å². The Morgan fingerprint density at radius 1 is 0.947 bits per heavy atom. The van der Waals surface area contributed by atoms with Crippen molar-refractivity contribution in [2.75, 3.05) is 10.8 Å². The lowest BCUT2D eigenvalue weighted by molar-refractivity contribution is -0.139. The fourth-order valence-corrected chi connectivity index (χ4v) is 5.47. The summed E-state index contributed by atoms with van der Waals surface area (Å²) in [4.78, 5) is 28.4. The second-order valence-corrected chi connectivity index (χ2v) is 11.6. The molecule has 0 heterocycles. The molecular weight excluding hydrogens is 522 g/mol. The molecule has 0 spiro atoms. The van der Waals surface area contributed by atoms with Gasteiger partial charge in [-0.15, -0.1) is 0 Å². The van der Waals surface area contributed by atoms with Crippen LogP contribution in [0.2, 0.25) is 5.02 Å². The van der Waals surface area contributed by atoms with E-state index in [1.54, 1.807) is 67.6 Å². The molecule has 0 unspecified atom stereocenters. The van der Waals surface area contributed by atoms with Gasteiger partial charge in [0.05, 0.1) is 10.6 Å². The van der Waals surface area contributed by atoms with Gasteiger partial charge in [-0.05, 0) is 69.2 Å². The number of para-hydroxylation sites is 1. The van der Waals surface area contributed by atoms with Crippen LogP contribution in [0, 0.1) is 6.92 Å². The van der Waals surface area contributed by atoms with Gasteiger partial charge in [0.25, 0.3) is 10.0 Å². The Hall–Kier alpha value is -3.36. The first-order chi connectivity index (χ1) is 18.0. The van der Waals surface area contributed by atoms with Gasteiger partial charge in [-0.3, -0.25) is 13.9 Å². The third-order valence-corrected chi connectivity index (χ3v) is 8.37. The number of carbonyl (C=O) groups is 2. The summed E-state index contributed by atoms with van der Waals surface area (Å²) >= 11 is 6.17. The van der Waals surface area contributed by atoms with E-state index in [2.05, 4.69) is 5.32 Å². The van der Waals surface area contributed by atoms with Gasteiger partial charge in [0.1, 0.15) is 12.6 Å². The lowest BCUT2D eigenvalue weighted by Gasteiger charge is -2.32. The van der Waals surface area contributed by atoms with Crippen molar-refractivity contribution in [3.05, 3.63) is 95.0 Å². The molecule has 0 saturated heterocycles. The molecule has 0 saturated carbocycles. The smallest absolute Gasteiger partial charge is 0.264 e. The summed E-state index contributed by atoms with van der Waals surface area (Å²) in [6, 6.07) is 21.0. The quantitative estimate of drug-likeness (QED) is 0.353. The normalized spacial score (nSPS) is 12.9. The average molecular weight is 556 g/mol. The summed E-state index contributed by atoms with van der Waals surface area (Å²) in [6.07, 6.45) is 0.733. The first-order valence-electron chi connectivity index (χ1n) is 12.5. The van der Waals surface area contributed by atoms with Crippen LogP contribution in [0.1, 0.15) is 38.3 Å². The molecule has 0 radical (unpaired) electrons. The Kier molecular flexibility index (Phi) is 9.94. The van der Waals surface area contributed by atoms with Gasteiger partial charge in [-0.25, -0.2) is 8.42 Å². The molecule has 202 valence electrons. The molecular formula is C29H34ClN3O4S. The van der Waals surface area contributed by atoms with E-state index in [0.29, 0.717) is 10.7 Å². The number of aryl methyl sites for hydroxylation is 1. The molecule has 0 aromatic heterocycles. The number of carbonyl (C=O) groups excluding carboxylic acids is 2. The zero-order valence-electron chi connectivity index (χ0n) is 22.1. The first-order valence-corrected chi connectivity index (χ1v) is 14.3. The number of anilines is 1. The number of hydrogen-bond donors (Lipinski definition) is 1. The predicted molar refractivity (Wildman–Crippen MR) is 152 cm³/mol. The first kappa shape index (κ1) is 29.2. The van der Waals surface area contributed by atoms with Crippen molar-refractivity contribution >= 4 is 39.1 Å². The SMILES string of the molecule is CC[C@H](C)NC(=O)[C@@H](C)N(Cc1cccc(Cl)c1)C(=O)CN(c1ccccc1)S(=O)(=O)c1ccc(C)cc1. The van der Waals surface area contributed by atoms with E-state index in [4.69, 9.17) is 11.6 Å². The molecule has 2 atom stereocenters. The summed E-state index contributed by atoms with van der Waals surface area (Å²) in [6.45, 7) is 6.95. The summed E-state index contributed by atoms with van der Waals surface area (Å²) in [5.41, 5.74) is 1.99. The predicted octanol–water partition coefficient (Wildman–Crippen LogP) is 5.18. The van der Waals surface area contributed by atoms with Gasteiger partial charge in [-0.2, -0.15) is 0 Å². The van der Waals surface area contributed by atoms with E-state index in [1.165, 1.54) is 17.0 Å². The number of hydrogen-bond acceptors (Lipinski definition) is 4. The maximum Gasteiger partial charge on any atom is 0.264 e. The van der Waals surface area contributed by atoms with Crippen molar-refractivity contribution in [1.29, 1.82) is 0 Å². The van der Waals surface area contributed by atoms with Crippen LogP contribution >= 0.6 is 11.6 Å². The lowest BCUT2D eigenvalue weighted by Crippen LogP contribution is -2.52. The van der Waals surface area contributed by atoms with Crippen LogP contribution < -0.4 is 9.62 Å². The Balaban J connectivity index is 2.00. The lowest BCUT2D eigenvalue weighted by atomic mass is 10.1. The van der Waals surface area contributed by atoms with Crippen LogP contribution in [0.4, 0.5) is 5.69 Å². The van der Waals surface area contributed by atoms with E-state index < -0.39 is 28.5 Å². The number of nitrogens with one attached hydrogen (secondary N) is 1. The van der Waals surface area contributed by atoms with Gasteiger partial charge in [0, 0.05) is 17.6 Å². The van der Waals surface area contributed by atoms with E-state index in [0.717, 1.165) is 21.9 Å². The highest BCUT2D eigenvalue weighted by molar-refractivity contribution is 7.92. The highest BCUT2D eigenvalue weighted by Gasteiger charge is 2.32. The van der Waals surface area contributed by atoms with Crippen molar-refractivity contribution < 1.29 is 18.0 Å². The molecule has 3 rings (SSSR count). The van der Waals surface area contributed by atoms with Crippen molar-refractivity contribution in [2.45, 2.75) is 57.6 Å². The number of amides is 2.